The Hall–Kier alpha value is -0.570. The van der Waals surface area contributed by atoms with Gasteiger partial charge in [0.25, 0.3) is 0 Å². The fourth-order valence-electron chi connectivity index (χ4n) is 1.21. The molecule has 0 radical (unpaired) electrons. The summed E-state index contributed by atoms with van der Waals surface area (Å²) in [6, 6.07) is 0. The maximum absolute atomic E-state index is 11.4. The highest BCUT2D eigenvalue weighted by Gasteiger charge is 2.25. The molecule has 2 N–H and O–H groups in total. The molecule has 0 unspecified atom stereocenters. The molecule has 0 bridgehead atoms. The molecule has 0 rings (SSSR count). The smallest absolute Gasteiger partial charge is 0.226 e. The summed E-state index contributed by atoms with van der Waals surface area (Å²) in [7, 11) is 1.68. The Morgan fingerprint density at radius 2 is 1.93 bits per heavy atom. The van der Waals surface area contributed by atoms with E-state index in [0.29, 0.717) is 5.92 Å². The monoisotopic (exact) mass is 200 g/mol. The zero-order chi connectivity index (χ0) is 11.2. The summed E-state index contributed by atoms with van der Waals surface area (Å²) in [5, 5.41) is 5.99. The van der Waals surface area contributed by atoms with Crippen LogP contribution in [0.2, 0.25) is 0 Å². The van der Waals surface area contributed by atoms with Gasteiger partial charge in [-0.1, -0.05) is 13.8 Å². The van der Waals surface area contributed by atoms with E-state index in [2.05, 4.69) is 24.5 Å². The van der Waals surface area contributed by atoms with Gasteiger partial charge in [0.1, 0.15) is 0 Å². The minimum absolute atomic E-state index is 0.0922. The van der Waals surface area contributed by atoms with Crippen LogP contribution >= 0.6 is 0 Å². The highest BCUT2D eigenvalue weighted by Crippen LogP contribution is 2.13. The second kappa shape index (κ2) is 6.02. The molecule has 0 atom stereocenters. The molecule has 0 aliphatic carbocycles. The molecule has 0 aromatic rings. The zero-order valence-corrected chi connectivity index (χ0v) is 10.1. The Balaban J connectivity index is 3.71. The molecular formula is C11H24N2O. The quantitative estimate of drug-likeness (QED) is 0.636. The van der Waals surface area contributed by atoms with Crippen LogP contribution in [0.25, 0.3) is 0 Å². The molecule has 0 aromatic heterocycles. The Bertz CT molecular complexity index is 176. The van der Waals surface area contributed by atoms with Crippen molar-refractivity contribution in [1.29, 1.82) is 0 Å². The topological polar surface area (TPSA) is 41.1 Å². The normalized spacial score (nSPS) is 11.9. The summed E-state index contributed by atoms with van der Waals surface area (Å²) in [6.07, 6.45) is 1.16. The zero-order valence-electron chi connectivity index (χ0n) is 10.1. The van der Waals surface area contributed by atoms with Gasteiger partial charge in [0.2, 0.25) is 5.91 Å². The van der Waals surface area contributed by atoms with E-state index in [1.54, 1.807) is 7.05 Å². The van der Waals surface area contributed by atoms with Crippen LogP contribution in [-0.2, 0) is 4.79 Å². The van der Waals surface area contributed by atoms with Crippen molar-refractivity contribution in [2.45, 2.75) is 34.1 Å². The summed E-state index contributed by atoms with van der Waals surface area (Å²) >= 11 is 0. The number of hydrogen-bond donors (Lipinski definition) is 2. The lowest BCUT2D eigenvalue weighted by atomic mass is 9.92. The van der Waals surface area contributed by atoms with E-state index in [0.717, 1.165) is 19.5 Å². The third-order valence-electron chi connectivity index (χ3n) is 2.31. The molecule has 0 heterocycles. The van der Waals surface area contributed by atoms with Crippen molar-refractivity contribution in [2.24, 2.45) is 11.3 Å². The van der Waals surface area contributed by atoms with Gasteiger partial charge < -0.3 is 10.6 Å². The van der Waals surface area contributed by atoms with Crippen LogP contribution in [0.5, 0.6) is 0 Å². The predicted molar refractivity (Wildman–Crippen MR) is 60.2 cm³/mol. The van der Waals surface area contributed by atoms with Gasteiger partial charge in [0, 0.05) is 13.6 Å². The van der Waals surface area contributed by atoms with Crippen LogP contribution in [-0.4, -0.2) is 26.0 Å². The van der Waals surface area contributed by atoms with Gasteiger partial charge >= 0.3 is 0 Å². The van der Waals surface area contributed by atoms with Gasteiger partial charge in [-0.3, -0.25) is 4.79 Å². The van der Waals surface area contributed by atoms with Gasteiger partial charge in [0.05, 0.1) is 5.41 Å². The van der Waals surface area contributed by atoms with Crippen molar-refractivity contribution in [1.82, 2.24) is 10.6 Å². The van der Waals surface area contributed by atoms with Crippen molar-refractivity contribution in [3.8, 4) is 0 Å². The fraction of sp³-hybridized carbons (Fsp3) is 0.909. The second-order valence-corrected chi connectivity index (χ2v) is 4.82. The van der Waals surface area contributed by atoms with Gasteiger partial charge in [-0.25, -0.2) is 0 Å². The average Bonchev–Trinajstić information content (AvgIpc) is 2.10. The third kappa shape index (κ3) is 5.22. The van der Waals surface area contributed by atoms with Gasteiger partial charge in [-0.15, -0.1) is 0 Å². The Labute approximate surface area is 87.6 Å². The molecule has 0 spiro atoms. The van der Waals surface area contributed by atoms with E-state index in [1.807, 2.05) is 13.8 Å². The molecule has 3 heteroatoms. The molecule has 0 aliphatic heterocycles. The molecule has 3 nitrogen and oxygen atoms in total. The predicted octanol–water partition coefficient (Wildman–Crippen LogP) is 1.39. The van der Waals surface area contributed by atoms with Crippen LogP contribution in [0, 0.1) is 11.3 Å². The number of hydrogen-bond acceptors (Lipinski definition) is 2. The molecule has 1 amide bonds. The molecule has 84 valence electrons. The molecule has 0 saturated carbocycles. The van der Waals surface area contributed by atoms with Gasteiger partial charge in [-0.2, -0.15) is 0 Å². The first-order chi connectivity index (χ1) is 6.40. The fourth-order valence-corrected chi connectivity index (χ4v) is 1.21. The van der Waals surface area contributed by atoms with Crippen LogP contribution < -0.4 is 10.6 Å². The lowest BCUT2D eigenvalue weighted by Gasteiger charge is -2.23. The van der Waals surface area contributed by atoms with Gasteiger partial charge in [0.15, 0.2) is 0 Å². The third-order valence-corrected chi connectivity index (χ3v) is 2.31. The van der Waals surface area contributed by atoms with Crippen molar-refractivity contribution >= 4 is 5.91 Å². The molecule has 0 aromatic carbocycles. The molecule has 0 saturated heterocycles. The van der Waals surface area contributed by atoms with Crippen LogP contribution in [0.1, 0.15) is 34.1 Å². The summed E-state index contributed by atoms with van der Waals surface area (Å²) < 4.78 is 0. The summed E-state index contributed by atoms with van der Waals surface area (Å²) in [5.41, 5.74) is -0.314. The maximum Gasteiger partial charge on any atom is 0.226 e. The molecule has 0 fully saturated rings. The number of nitrogens with one attached hydrogen (secondary N) is 2. The first kappa shape index (κ1) is 13.4. The van der Waals surface area contributed by atoms with Crippen molar-refractivity contribution in [3.63, 3.8) is 0 Å². The minimum Gasteiger partial charge on any atom is -0.359 e. The molecule has 0 aliphatic rings. The number of amides is 1. The van der Waals surface area contributed by atoms with E-state index in [1.165, 1.54) is 0 Å². The minimum atomic E-state index is -0.314. The van der Waals surface area contributed by atoms with E-state index in [9.17, 15) is 4.79 Å². The summed E-state index contributed by atoms with van der Waals surface area (Å²) in [6.45, 7) is 10.0. The second-order valence-electron chi connectivity index (χ2n) is 4.82. The average molecular weight is 200 g/mol. The van der Waals surface area contributed by atoms with Crippen LogP contribution in [0.4, 0.5) is 0 Å². The first-order valence-electron chi connectivity index (χ1n) is 5.33. The first-order valence-corrected chi connectivity index (χ1v) is 5.33. The van der Waals surface area contributed by atoms with Crippen molar-refractivity contribution in [3.05, 3.63) is 0 Å². The van der Waals surface area contributed by atoms with Crippen LogP contribution in [0.15, 0.2) is 0 Å². The highest BCUT2D eigenvalue weighted by atomic mass is 16.2. The molecular weight excluding hydrogens is 176 g/mol. The SMILES string of the molecule is CNC(=O)C(C)(C)CNCCC(C)C. The lowest BCUT2D eigenvalue weighted by Crippen LogP contribution is -2.42. The highest BCUT2D eigenvalue weighted by molar-refractivity contribution is 5.81. The maximum atomic E-state index is 11.4. The van der Waals surface area contributed by atoms with E-state index in [-0.39, 0.29) is 11.3 Å². The standard InChI is InChI=1S/C11H24N2O/c1-9(2)6-7-13-8-11(3,4)10(14)12-5/h9,13H,6-8H2,1-5H3,(H,12,14). The van der Waals surface area contributed by atoms with Crippen molar-refractivity contribution in [2.75, 3.05) is 20.1 Å². The van der Waals surface area contributed by atoms with E-state index >= 15 is 0 Å². The lowest BCUT2D eigenvalue weighted by molar-refractivity contribution is -0.128. The number of rotatable bonds is 6. The Morgan fingerprint density at radius 3 is 2.36 bits per heavy atom. The van der Waals surface area contributed by atoms with Crippen LogP contribution in [0.3, 0.4) is 0 Å². The summed E-state index contributed by atoms with van der Waals surface area (Å²) in [5.74, 6) is 0.806. The van der Waals surface area contributed by atoms with Crippen molar-refractivity contribution < 1.29 is 4.79 Å². The van der Waals surface area contributed by atoms with Gasteiger partial charge in [-0.05, 0) is 32.7 Å². The summed E-state index contributed by atoms with van der Waals surface area (Å²) in [4.78, 5) is 11.4. The molecule has 14 heavy (non-hydrogen) atoms. The largest absolute Gasteiger partial charge is 0.359 e. The Morgan fingerprint density at radius 1 is 1.36 bits per heavy atom. The number of carbonyl (C=O) groups excluding carboxylic acids is 1. The van der Waals surface area contributed by atoms with E-state index in [4.69, 9.17) is 0 Å². The van der Waals surface area contributed by atoms with E-state index < -0.39 is 0 Å². The number of carbonyl (C=O) groups is 1. The Kier molecular flexibility index (Phi) is 5.77.